The summed E-state index contributed by atoms with van der Waals surface area (Å²) in [6.45, 7) is 7.97. The van der Waals surface area contributed by atoms with E-state index in [1.807, 2.05) is 12.1 Å². The molecule has 0 aliphatic heterocycles. The molecule has 0 amide bonds. The Kier molecular flexibility index (Phi) is 3.86. The first kappa shape index (κ1) is 17.9. The number of benzene rings is 1. The van der Waals surface area contributed by atoms with Crippen LogP contribution in [-0.2, 0) is 5.41 Å². The Morgan fingerprint density at radius 2 is 2.04 bits per heavy atom. The molecular formula is C22H21N3O3. The van der Waals surface area contributed by atoms with Crippen molar-refractivity contribution in [1.29, 1.82) is 5.26 Å². The van der Waals surface area contributed by atoms with E-state index in [0.29, 0.717) is 39.2 Å². The van der Waals surface area contributed by atoms with Gasteiger partial charge in [0.15, 0.2) is 0 Å². The molecule has 1 aromatic carbocycles. The van der Waals surface area contributed by atoms with Crippen molar-refractivity contribution >= 4 is 16.6 Å². The number of imidazole rings is 1. The van der Waals surface area contributed by atoms with Gasteiger partial charge in [0.2, 0.25) is 0 Å². The van der Waals surface area contributed by atoms with E-state index in [0.717, 1.165) is 11.1 Å². The lowest BCUT2D eigenvalue weighted by Gasteiger charge is -2.14. The molecule has 0 fully saturated rings. The summed E-state index contributed by atoms with van der Waals surface area (Å²) in [5.41, 5.74) is 3.90. The summed E-state index contributed by atoms with van der Waals surface area (Å²) in [6, 6.07) is 7.73. The molecule has 142 valence electrons. The second kappa shape index (κ2) is 6.03. The second-order valence-electron chi connectivity index (χ2n) is 7.94. The van der Waals surface area contributed by atoms with Crippen LogP contribution in [0.15, 0.2) is 39.9 Å². The molecule has 4 rings (SSSR count). The minimum absolute atomic E-state index is 0.182. The number of rotatable bonds is 2. The molecule has 6 heteroatoms. The zero-order valence-electron chi connectivity index (χ0n) is 16.5. The first-order chi connectivity index (χ1) is 13.3. The maximum absolute atomic E-state index is 13.4. The van der Waals surface area contributed by atoms with Gasteiger partial charge in [-0.05, 0) is 24.6 Å². The first-order valence-electron chi connectivity index (χ1n) is 9.00. The van der Waals surface area contributed by atoms with Gasteiger partial charge in [-0.25, -0.2) is 0 Å². The number of pyridine rings is 1. The molecule has 0 radical (unpaired) electrons. The lowest BCUT2D eigenvalue weighted by molar-refractivity contribution is 0.414. The topological polar surface area (TPSA) is 83.4 Å². The van der Waals surface area contributed by atoms with Gasteiger partial charge in [-0.2, -0.15) is 5.26 Å². The van der Waals surface area contributed by atoms with E-state index in [9.17, 15) is 10.1 Å². The lowest BCUT2D eigenvalue weighted by Crippen LogP contribution is -2.17. The van der Waals surface area contributed by atoms with Crippen molar-refractivity contribution in [3.8, 4) is 22.9 Å². The lowest BCUT2D eigenvalue weighted by atomic mass is 9.93. The summed E-state index contributed by atoms with van der Waals surface area (Å²) in [7, 11) is 1.59. The van der Waals surface area contributed by atoms with Crippen LogP contribution in [0.1, 0.15) is 37.6 Å². The zero-order valence-corrected chi connectivity index (χ0v) is 16.5. The first-order valence-corrected chi connectivity index (χ1v) is 9.00. The van der Waals surface area contributed by atoms with Crippen molar-refractivity contribution in [3.05, 3.63) is 57.8 Å². The molecule has 3 aromatic heterocycles. The minimum Gasteiger partial charge on any atom is -0.497 e. The maximum atomic E-state index is 13.4. The summed E-state index contributed by atoms with van der Waals surface area (Å²) < 4.78 is 12.5. The highest BCUT2D eigenvalue weighted by Gasteiger charge is 2.24. The molecule has 0 atom stereocenters. The average molecular weight is 375 g/mol. The van der Waals surface area contributed by atoms with Crippen molar-refractivity contribution in [2.45, 2.75) is 33.1 Å². The largest absolute Gasteiger partial charge is 0.497 e. The molecular weight excluding hydrogens is 354 g/mol. The highest BCUT2D eigenvalue weighted by Crippen LogP contribution is 2.34. The van der Waals surface area contributed by atoms with Gasteiger partial charge in [0.05, 0.1) is 24.5 Å². The molecule has 0 bridgehead atoms. The van der Waals surface area contributed by atoms with Gasteiger partial charge in [0.1, 0.15) is 23.0 Å². The molecule has 0 aliphatic rings. The number of aromatic nitrogens is 2. The second-order valence-corrected chi connectivity index (χ2v) is 7.94. The number of ether oxygens (including phenoxy) is 1. The summed E-state index contributed by atoms with van der Waals surface area (Å²) >= 11 is 0. The third kappa shape index (κ3) is 2.51. The van der Waals surface area contributed by atoms with E-state index >= 15 is 0 Å². The number of methoxy groups -OCH3 is 1. The Hall–Kier alpha value is -3.46. The van der Waals surface area contributed by atoms with Crippen LogP contribution in [0, 0.1) is 18.3 Å². The number of H-pyrrole nitrogens is 1. The molecule has 0 saturated carbocycles. The van der Waals surface area contributed by atoms with Crippen LogP contribution in [0.2, 0.25) is 0 Å². The van der Waals surface area contributed by atoms with Crippen molar-refractivity contribution < 1.29 is 9.15 Å². The van der Waals surface area contributed by atoms with Gasteiger partial charge < -0.3 is 14.1 Å². The molecule has 0 spiro atoms. The van der Waals surface area contributed by atoms with Crippen LogP contribution in [0.5, 0.6) is 5.75 Å². The number of furan rings is 1. The third-order valence-electron chi connectivity index (χ3n) is 5.14. The fourth-order valence-electron chi connectivity index (χ4n) is 3.50. The molecule has 0 unspecified atom stereocenters. The van der Waals surface area contributed by atoms with Crippen LogP contribution in [-0.4, -0.2) is 16.5 Å². The molecule has 28 heavy (non-hydrogen) atoms. The molecule has 6 nitrogen and oxygen atoms in total. The Bertz CT molecular complexity index is 1320. The van der Waals surface area contributed by atoms with Crippen molar-refractivity contribution in [2.24, 2.45) is 0 Å². The standard InChI is InChI=1S/C22H21N3O3/c1-12-15(9-23)20-24-18(22(2,3)4)10-25(20)21(26)19(12)16-11-28-17-8-13(27-5)6-7-14(16)17/h6-8,10-11,24H,1-5H3. The van der Waals surface area contributed by atoms with E-state index in [4.69, 9.17) is 9.15 Å². The van der Waals surface area contributed by atoms with Crippen LogP contribution >= 0.6 is 0 Å². The van der Waals surface area contributed by atoms with Crippen molar-refractivity contribution in [2.75, 3.05) is 7.11 Å². The molecule has 0 saturated heterocycles. The SMILES string of the molecule is COc1ccc2c(-c3c(C)c(C#N)c4[nH]c(C(C)(C)C)cn4c3=O)coc2c1. The summed E-state index contributed by atoms with van der Waals surface area (Å²) in [4.78, 5) is 16.7. The normalized spacial score (nSPS) is 11.9. The number of fused-ring (bicyclic) bond motifs is 2. The fraction of sp³-hybridized carbons (Fsp3) is 0.273. The highest BCUT2D eigenvalue weighted by atomic mass is 16.5. The van der Waals surface area contributed by atoms with Gasteiger partial charge >= 0.3 is 0 Å². The van der Waals surface area contributed by atoms with Crippen LogP contribution in [0.3, 0.4) is 0 Å². The van der Waals surface area contributed by atoms with Gasteiger partial charge in [-0.1, -0.05) is 20.8 Å². The van der Waals surface area contributed by atoms with E-state index in [-0.39, 0.29) is 11.0 Å². The maximum Gasteiger partial charge on any atom is 0.264 e. The number of hydrogen-bond donors (Lipinski definition) is 1. The van der Waals surface area contributed by atoms with Crippen LogP contribution in [0.25, 0.3) is 27.7 Å². The van der Waals surface area contributed by atoms with Gasteiger partial charge in [-0.3, -0.25) is 9.20 Å². The van der Waals surface area contributed by atoms with Gasteiger partial charge in [-0.15, -0.1) is 0 Å². The fourth-order valence-corrected chi connectivity index (χ4v) is 3.50. The molecule has 3 heterocycles. The summed E-state index contributed by atoms with van der Waals surface area (Å²) in [5, 5.41) is 10.6. The number of nitrogens with zero attached hydrogens (tertiary/aromatic N) is 2. The predicted molar refractivity (Wildman–Crippen MR) is 108 cm³/mol. The number of aromatic amines is 1. The van der Waals surface area contributed by atoms with Gasteiger partial charge in [0.25, 0.3) is 5.56 Å². The van der Waals surface area contributed by atoms with E-state index in [1.165, 1.54) is 4.40 Å². The number of nitriles is 1. The highest BCUT2D eigenvalue weighted by molar-refractivity contribution is 5.96. The average Bonchev–Trinajstić information content (AvgIpc) is 3.26. The Balaban J connectivity index is 2.08. The zero-order chi connectivity index (χ0) is 20.2. The predicted octanol–water partition coefficient (Wildman–Crippen LogP) is 4.53. The monoisotopic (exact) mass is 375 g/mol. The van der Waals surface area contributed by atoms with E-state index in [2.05, 4.69) is 31.8 Å². The van der Waals surface area contributed by atoms with E-state index < -0.39 is 0 Å². The van der Waals surface area contributed by atoms with E-state index in [1.54, 1.807) is 32.6 Å². The Morgan fingerprint density at radius 3 is 2.68 bits per heavy atom. The summed E-state index contributed by atoms with van der Waals surface area (Å²) in [5.74, 6) is 0.676. The van der Waals surface area contributed by atoms with Crippen molar-refractivity contribution in [3.63, 3.8) is 0 Å². The Labute approximate surface area is 162 Å². The molecule has 1 N–H and O–H groups in total. The smallest absolute Gasteiger partial charge is 0.264 e. The van der Waals surface area contributed by atoms with Gasteiger partial charge in [0, 0.05) is 34.3 Å². The number of nitrogens with one attached hydrogen (secondary N) is 1. The third-order valence-corrected chi connectivity index (χ3v) is 5.14. The minimum atomic E-state index is -0.184. The van der Waals surface area contributed by atoms with Crippen LogP contribution < -0.4 is 10.3 Å². The molecule has 0 aliphatic carbocycles. The number of hydrogen-bond acceptors (Lipinski definition) is 4. The van der Waals surface area contributed by atoms with Crippen LogP contribution in [0.4, 0.5) is 0 Å². The molecule has 4 aromatic rings. The van der Waals surface area contributed by atoms with Crippen molar-refractivity contribution in [1.82, 2.24) is 9.38 Å². The summed E-state index contributed by atoms with van der Waals surface area (Å²) in [6.07, 6.45) is 3.35. The quantitative estimate of drug-likeness (QED) is 0.558. The Morgan fingerprint density at radius 1 is 1.29 bits per heavy atom.